The number of rotatable bonds is 2. The molecule has 1 N–H and O–H groups in total. The van der Waals surface area contributed by atoms with Crippen molar-refractivity contribution in [2.24, 2.45) is 11.8 Å². The Morgan fingerprint density at radius 3 is 2.53 bits per heavy atom. The number of benzene rings is 1. The second-order valence-electron chi connectivity index (χ2n) is 4.80. The van der Waals surface area contributed by atoms with Crippen molar-refractivity contribution in [1.29, 1.82) is 0 Å². The van der Waals surface area contributed by atoms with Crippen LogP contribution in [0.4, 0.5) is 0 Å². The summed E-state index contributed by atoms with van der Waals surface area (Å²) in [6.45, 7) is 4.10. The summed E-state index contributed by atoms with van der Waals surface area (Å²) in [4.78, 5) is 11.1. The molecule has 0 fully saturated rings. The van der Waals surface area contributed by atoms with Gasteiger partial charge in [-0.05, 0) is 36.8 Å². The summed E-state index contributed by atoms with van der Waals surface area (Å²) in [6, 6.07) is 10.3. The summed E-state index contributed by atoms with van der Waals surface area (Å²) < 4.78 is 0. The lowest BCUT2D eigenvalue weighted by Crippen LogP contribution is -2.26. The van der Waals surface area contributed by atoms with Gasteiger partial charge in [-0.25, -0.2) is 0 Å². The Labute approximate surface area is 102 Å². The highest BCUT2D eigenvalue weighted by molar-refractivity contribution is 5.76. The van der Waals surface area contributed by atoms with Crippen molar-refractivity contribution in [1.82, 2.24) is 0 Å². The van der Waals surface area contributed by atoms with E-state index in [-0.39, 0.29) is 11.8 Å². The first-order valence-electron chi connectivity index (χ1n) is 6.09. The summed E-state index contributed by atoms with van der Waals surface area (Å²) in [5.41, 5.74) is 3.80. The van der Waals surface area contributed by atoms with Gasteiger partial charge in [0.1, 0.15) is 0 Å². The largest absolute Gasteiger partial charge is 0.481 e. The lowest BCUT2D eigenvalue weighted by molar-refractivity contribution is -0.143. The van der Waals surface area contributed by atoms with Crippen LogP contribution in [-0.2, 0) is 4.79 Å². The maximum atomic E-state index is 11.1. The van der Waals surface area contributed by atoms with Gasteiger partial charge >= 0.3 is 5.97 Å². The molecule has 0 bridgehead atoms. The zero-order valence-electron chi connectivity index (χ0n) is 10.3. The monoisotopic (exact) mass is 230 g/mol. The van der Waals surface area contributed by atoms with Crippen LogP contribution in [0.3, 0.4) is 0 Å². The van der Waals surface area contributed by atoms with Gasteiger partial charge in [-0.2, -0.15) is 0 Å². The second-order valence-corrected chi connectivity index (χ2v) is 4.80. The maximum Gasteiger partial charge on any atom is 0.307 e. The molecular formula is C15H18O2. The summed E-state index contributed by atoms with van der Waals surface area (Å²) >= 11 is 0. The average Bonchev–Trinajstić information content (AvgIpc) is 2.33. The van der Waals surface area contributed by atoms with E-state index in [9.17, 15) is 4.79 Å². The highest BCUT2D eigenvalue weighted by Gasteiger charge is 2.31. The maximum absolute atomic E-state index is 11.1. The van der Waals surface area contributed by atoms with E-state index in [1.807, 2.05) is 25.1 Å². The minimum Gasteiger partial charge on any atom is -0.481 e. The molecule has 1 aliphatic carbocycles. The fourth-order valence-corrected chi connectivity index (χ4v) is 2.67. The number of carboxylic acid groups (broad SMARTS) is 1. The highest BCUT2D eigenvalue weighted by Crippen LogP contribution is 2.39. The molecule has 2 heteroatoms. The van der Waals surface area contributed by atoms with Crippen molar-refractivity contribution < 1.29 is 9.90 Å². The van der Waals surface area contributed by atoms with E-state index < -0.39 is 5.97 Å². The van der Waals surface area contributed by atoms with E-state index in [2.05, 4.69) is 19.1 Å². The molecule has 0 saturated carbocycles. The average molecular weight is 230 g/mol. The smallest absolute Gasteiger partial charge is 0.307 e. The van der Waals surface area contributed by atoms with E-state index in [1.165, 1.54) is 16.7 Å². The van der Waals surface area contributed by atoms with E-state index in [0.29, 0.717) is 0 Å². The van der Waals surface area contributed by atoms with Gasteiger partial charge in [-0.15, -0.1) is 0 Å². The fourth-order valence-electron chi connectivity index (χ4n) is 2.67. The molecule has 0 aromatic heterocycles. The quantitative estimate of drug-likeness (QED) is 0.843. The van der Waals surface area contributed by atoms with Crippen LogP contribution < -0.4 is 0 Å². The Bertz CT molecular complexity index is 445. The van der Waals surface area contributed by atoms with Gasteiger partial charge in [0.2, 0.25) is 0 Å². The van der Waals surface area contributed by atoms with Crippen LogP contribution in [0.1, 0.15) is 32.3 Å². The Balaban J connectivity index is 2.34. The molecule has 0 aliphatic heterocycles. The summed E-state index contributed by atoms with van der Waals surface area (Å²) in [6.07, 6.45) is 1.62. The third-order valence-electron chi connectivity index (χ3n) is 3.91. The van der Waals surface area contributed by atoms with E-state index in [1.54, 1.807) is 0 Å². The molecule has 2 rings (SSSR count). The van der Waals surface area contributed by atoms with Gasteiger partial charge < -0.3 is 5.11 Å². The molecule has 1 aliphatic rings. The first kappa shape index (κ1) is 11.9. The normalized spacial score (nSPS) is 24.8. The predicted molar refractivity (Wildman–Crippen MR) is 68.6 cm³/mol. The van der Waals surface area contributed by atoms with Gasteiger partial charge in [0.25, 0.3) is 0 Å². The Morgan fingerprint density at radius 2 is 1.94 bits per heavy atom. The molecule has 1 aromatic rings. The van der Waals surface area contributed by atoms with Crippen molar-refractivity contribution in [3.63, 3.8) is 0 Å². The van der Waals surface area contributed by atoms with Crippen LogP contribution in [-0.4, -0.2) is 11.1 Å². The third kappa shape index (κ3) is 2.26. The molecule has 1 aromatic carbocycles. The molecule has 0 heterocycles. The van der Waals surface area contributed by atoms with E-state index in [0.717, 1.165) is 12.8 Å². The number of allylic oxidation sites excluding steroid dienone is 2. The van der Waals surface area contributed by atoms with Crippen LogP contribution in [0.25, 0.3) is 5.57 Å². The first-order valence-corrected chi connectivity index (χ1v) is 6.09. The molecule has 0 spiro atoms. The van der Waals surface area contributed by atoms with Gasteiger partial charge in [0.05, 0.1) is 5.92 Å². The van der Waals surface area contributed by atoms with Crippen LogP contribution in [0.5, 0.6) is 0 Å². The van der Waals surface area contributed by atoms with Crippen LogP contribution in [0, 0.1) is 11.8 Å². The van der Waals surface area contributed by atoms with Gasteiger partial charge in [-0.1, -0.05) is 42.8 Å². The zero-order chi connectivity index (χ0) is 12.4. The lowest BCUT2D eigenvalue weighted by atomic mass is 9.75. The van der Waals surface area contributed by atoms with Crippen LogP contribution in [0.15, 0.2) is 35.9 Å². The van der Waals surface area contributed by atoms with E-state index >= 15 is 0 Å². The standard InChI is InChI=1S/C15H18O2/c1-10-11(2)14(15(16)17)9-8-13(10)12-6-4-3-5-7-12/h3-7,11,14H,8-9H2,1-2H3,(H,16,17). The van der Waals surface area contributed by atoms with E-state index in [4.69, 9.17) is 5.11 Å². The molecule has 2 atom stereocenters. The summed E-state index contributed by atoms with van der Waals surface area (Å²) in [5, 5.41) is 9.16. The minimum atomic E-state index is -0.663. The number of aliphatic carboxylic acids is 1. The third-order valence-corrected chi connectivity index (χ3v) is 3.91. The fraction of sp³-hybridized carbons (Fsp3) is 0.400. The van der Waals surface area contributed by atoms with Crippen molar-refractivity contribution in [3.8, 4) is 0 Å². The highest BCUT2D eigenvalue weighted by atomic mass is 16.4. The van der Waals surface area contributed by atoms with Crippen LogP contribution >= 0.6 is 0 Å². The van der Waals surface area contributed by atoms with Crippen molar-refractivity contribution in [3.05, 3.63) is 41.5 Å². The Hall–Kier alpha value is -1.57. The predicted octanol–water partition coefficient (Wildman–Crippen LogP) is 3.59. The second kappa shape index (κ2) is 4.74. The Kier molecular flexibility index (Phi) is 3.32. The molecule has 2 nitrogen and oxygen atoms in total. The minimum absolute atomic E-state index is 0.136. The van der Waals surface area contributed by atoms with Gasteiger partial charge in [0, 0.05) is 0 Å². The van der Waals surface area contributed by atoms with Crippen molar-refractivity contribution in [2.75, 3.05) is 0 Å². The molecule has 0 saturated heterocycles. The van der Waals surface area contributed by atoms with Gasteiger partial charge in [-0.3, -0.25) is 4.79 Å². The lowest BCUT2D eigenvalue weighted by Gasteiger charge is -2.29. The molecule has 90 valence electrons. The summed E-state index contributed by atoms with van der Waals surface area (Å²) in [5.74, 6) is -0.747. The molecular weight excluding hydrogens is 212 g/mol. The summed E-state index contributed by atoms with van der Waals surface area (Å²) in [7, 11) is 0. The molecule has 0 amide bonds. The number of hydrogen-bond donors (Lipinski definition) is 1. The topological polar surface area (TPSA) is 37.3 Å². The van der Waals surface area contributed by atoms with Crippen molar-refractivity contribution >= 4 is 11.5 Å². The first-order chi connectivity index (χ1) is 8.11. The SMILES string of the molecule is CC1=C(c2ccccc2)CCC(C(=O)O)C1C. The van der Waals surface area contributed by atoms with Crippen LogP contribution in [0.2, 0.25) is 0 Å². The van der Waals surface area contributed by atoms with Gasteiger partial charge in [0.15, 0.2) is 0 Å². The Morgan fingerprint density at radius 1 is 1.29 bits per heavy atom. The number of hydrogen-bond acceptors (Lipinski definition) is 1. The zero-order valence-corrected chi connectivity index (χ0v) is 10.3. The molecule has 0 radical (unpaired) electrons. The number of carbonyl (C=O) groups is 1. The van der Waals surface area contributed by atoms with Crippen molar-refractivity contribution in [2.45, 2.75) is 26.7 Å². The molecule has 2 unspecified atom stereocenters. The number of carboxylic acids is 1. The molecule has 17 heavy (non-hydrogen) atoms.